The van der Waals surface area contributed by atoms with Gasteiger partial charge >= 0.3 is 0 Å². The number of hydrogen-bond donors (Lipinski definition) is 0. The lowest BCUT2D eigenvalue weighted by molar-refractivity contribution is 0.991. The molecule has 0 aliphatic heterocycles. The predicted molar refractivity (Wildman–Crippen MR) is 272 cm³/mol. The number of fused-ring (bicyclic) bond motifs is 6. The van der Waals surface area contributed by atoms with Gasteiger partial charge in [0, 0.05) is 56.2 Å². The molecule has 0 spiro atoms. The fourth-order valence-electron chi connectivity index (χ4n) is 9.31. The largest absolute Gasteiger partial charge is 0.278 e. The van der Waals surface area contributed by atoms with Gasteiger partial charge in [-0.1, -0.05) is 169 Å². The first kappa shape index (κ1) is 38.5. The molecule has 0 bridgehead atoms. The minimum absolute atomic E-state index is 0.600. The minimum Gasteiger partial charge on any atom is -0.278 e. The Balaban J connectivity index is 0.879. The standard InChI is InChI=1S/C58H36N8S/c1-3-13-37(14-4-1)39-17-11-19-41(33-39)49-29-31-59-57(61-49)65-51-23-9-7-21-45(51)47-27-25-43(35-53(47)65)55-63-64-56(67-55)44-26-28-48-46-22-8-10-24-52(46)66(54(48)36-44)58-60-32-30-50(62-58)42-20-12-18-40(34-42)38-15-5-2-6-16-38/h1-36H. The normalized spacial score (nSPS) is 11.6. The summed E-state index contributed by atoms with van der Waals surface area (Å²) in [5, 5.41) is 15.7. The Morgan fingerprint density at radius 2 is 0.701 bits per heavy atom. The zero-order chi connectivity index (χ0) is 44.3. The summed E-state index contributed by atoms with van der Waals surface area (Å²) in [6.07, 6.45) is 3.69. The topological polar surface area (TPSA) is 87.2 Å². The molecule has 9 heteroatoms. The van der Waals surface area contributed by atoms with E-state index in [4.69, 9.17) is 30.1 Å². The van der Waals surface area contributed by atoms with Crippen molar-refractivity contribution < 1.29 is 0 Å². The Bertz CT molecular complexity index is 3740. The van der Waals surface area contributed by atoms with Gasteiger partial charge in [0.1, 0.15) is 10.0 Å². The number of para-hydroxylation sites is 2. The first-order chi connectivity index (χ1) is 33.2. The Hall–Kier alpha value is -8.92. The number of benzene rings is 8. The van der Waals surface area contributed by atoms with E-state index in [0.29, 0.717) is 11.9 Å². The van der Waals surface area contributed by atoms with Crippen LogP contribution < -0.4 is 0 Å². The lowest BCUT2D eigenvalue weighted by Gasteiger charge is -2.10. The second-order valence-corrected chi connectivity index (χ2v) is 17.4. The molecule has 0 N–H and O–H groups in total. The molecule has 5 heterocycles. The molecular weight excluding hydrogens is 841 g/mol. The first-order valence-corrected chi connectivity index (χ1v) is 22.9. The van der Waals surface area contributed by atoms with Gasteiger partial charge < -0.3 is 0 Å². The molecule has 8 aromatic carbocycles. The van der Waals surface area contributed by atoms with Gasteiger partial charge in [-0.2, -0.15) is 0 Å². The Morgan fingerprint density at radius 1 is 0.299 bits per heavy atom. The van der Waals surface area contributed by atoms with Gasteiger partial charge in [-0.3, -0.25) is 9.13 Å². The number of rotatable bonds is 8. The summed E-state index contributed by atoms with van der Waals surface area (Å²) in [5.74, 6) is 1.20. The highest BCUT2D eigenvalue weighted by Crippen LogP contribution is 2.39. The highest BCUT2D eigenvalue weighted by atomic mass is 32.1. The Labute approximate surface area is 388 Å². The average Bonchev–Trinajstić information content (AvgIpc) is 4.12. The molecule has 0 amide bonds. The number of nitrogens with zero attached hydrogens (tertiary/aromatic N) is 8. The van der Waals surface area contributed by atoms with E-state index in [1.54, 1.807) is 11.3 Å². The van der Waals surface area contributed by atoms with Gasteiger partial charge in [0.2, 0.25) is 11.9 Å². The molecule has 67 heavy (non-hydrogen) atoms. The van der Waals surface area contributed by atoms with Crippen molar-refractivity contribution >= 4 is 54.9 Å². The zero-order valence-corrected chi connectivity index (χ0v) is 36.6. The van der Waals surface area contributed by atoms with Crippen molar-refractivity contribution in [3.05, 3.63) is 219 Å². The Kier molecular flexibility index (Phi) is 9.17. The maximum atomic E-state index is 5.19. The summed E-state index contributed by atoms with van der Waals surface area (Å²) in [4.78, 5) is 20.1. The molecule has 0 radical (unpaired) electrons. The molecule has 5 aromatic heterocycles. The fourth-order valence-corrected chi connectivity index (χ4v) is 10.1. The van der Waals surface area contributed by atoms with E-state index in [0.717, 1.165) is 110 Å². The van der Waals surface area contributed by atoms with E-state index in [9.17, 15) is 0 Å². The third-order valence-corrected chi connectivity index (χ3v) is 13.5. The van der Waals surface area contributed by atoms with Crippen LogP contribution in [0.4, 0.5) is 0 Å². The van der Waals surface area contributed by atoms with Crippen LogP contribution in [0, 0.1) is 0 Å². The first-order valence-electron chi connectivity index (χ1n) is 22.1. The van der Waals surface area contributed by atoms with Crippen molar-refractivity contribution in [2.45, 2.75) is 0 Å². The van der Waals surface area contributed by atoms with E-state index in [1.165, 1.54) is 0 Å². The third-order valence-electron chi connectivity index (χ3n) is 12.5. The molecule has 0 saturated heterocycles. The fraction of sp³-hybridized carbons (Fsp3) is 0. The van der Waals surface area contributed by atoms with E-state index in [2.05, 4.69) is 191 Å². The van der Waals surface area contributed by atoms with E-state index < -0.39 is 0 Å². The highest BCUT2D eigenvalue weighted by molar-refractivity contribution is 7.17. The van der Waals surface area contributed by atoms with E-state index >= 15 is 0 Å². The zero-order valence-electron chi connectivity index (χ0n) is 35.8. The van der Waals surface area contributed by atoms with Gasteiger partial charge in [0.15, 0.2) is 0 Å². The average molecular weight is 877 g/mol. The molecular formula is C58H36N8S. The van der Waals surface area contributed by atoms with E-state index in [1.807, 2.05) is 36.7 Å². The van der Waals surface area contributed by atoms with Crippen molar-refractivity contribution in [3.8, 4) is 77.8 Å². The number of aromatic nitrogens is 8. The summed E-state index contributed by atoms with van der Waals surface area (Å²) in [5.41, 5.74) is 14.3. The second kappa shape index (κ2) is 16.0. The minimum atomic E-state index is 0.600. The molecule has 0 aliphatic rings. The summed E-state index contributed by atoms with van der Waals surface area (Å²) >= 11 is 1.57. The van der Waals surface area contributed by atoms with Crippen molar-refractivity contribution in [1.82, 2.24) is 39.3 Å². The van der Waals surface area contributed by atoms with Crippen LogP contribution in [-0.2, 0) is 0 Å². The molecule has 8 nitrogen and oxygen atoms in total. The molecule has 0 unspecified atom stereocenters. The quantitative estimate of drug-likeness (QED) is 0.151. The summed E-state index contributed by atoms with van der Waals surface area (Å²) in [6, 6.07) is 71.7. The van der Waals surface area contributed by atoms with Crippen molar-refractivity contribution in [2.75, 3.05) is 0 Å². The van der Waals surface area contributed by atoms with Crippen LogP contribution in [0.2, 0.25) is 0 Å². The van der Waals surface area contributed by atoms with Gasteiger partial charge in [0.05, 0.1) is 33.5 Å². The SMILES string of the molecule is c1ccc(-c2cccc(-c3ccnc(-n4c5ccccc5c5ccc(-c6nnc(-c7ccc8c9ccccc9n(-c9nccc(-c%10cccc(-c%11ccccc%11)c%10)n9)c8c7)s6)cc54)n3)c2)cc1. The van der Waals surface area contributed by atoms with Crippen LogP contribution >= 0.6 is 11.3 Å². The highest BCUT2D eigenvalue weighted by Gasteiger charge is 2.20. The van der Waals surface area contributed by atoms with Crippen molar-refractivity contribution in [2.24, 2.45) is 0 Å². The van der Waals surface area contributed by atoms with Crippen molar-refractivity contribution in [1.29, 1.82) is 0 Å². The molecule has 314 valence electrons. The lowest BCUT2D eigenvalue weighted by atomic mass is 10.0. The van der Waals surface area contributed by atoms with E-state index in [-0.39, 0.29) is 0 Å². The van der Waals surface area contributed by atoms with Gasteiger partial charge in [-0.05, 0) is 70.8 Å². The third kappa shape index (κ3) is 6.76. The lowest BCUT2D eigenvalue weighted by Crippen LogP contribution is -2.01. The smallest absolute Gasteiger partial charge is 0.235 e. The van der Waals surface area contributed by atoms with Gasteiger partial charge in [-0.15, -0.1) is 10.2 Å². The summed E-state index contributed by atoms with van der Waals surface area (Å²) < 4.78 is 4.31. The second-order valence-electron chi connectivity index (χ2n) is 16.5. The summed E-state index contributed by atoms with van der Waals surface area (Å²) in [6.45, 7) is 0. The predicted octanol–water partition coefficient (Wildman–Crippen LogP) is 14.3. The molecule has 0 aliphatic carbocycles. The molecule has 13 rings (SSSR count). The molecule has 13 aromatic rings. The van der Waals surface area contributed by atoms with Crippen LogP contribution in [0.25, 0.3) is 121 Å². The molecule has 0 fully saturated rings. The molecule has 0 saturated carbocycles. The van der Waals surface area contributed by atoms with Gasteiger partial charge in [0.25, 0.3) is 0 Å². The van der Waals surface area contributed by atoms with Crippen LogP contribution in [0.5, 0.6) is 0 Å². The number of hydrogen-bond acceptors (Lipinski definition) is 7. The van der Waals surface area contributed by atoms with Crippen LogP contribution in [-0.4, -0.2) is 39.3 Å². The maximum Gasteiger partial charge on any atom is 0.235 e. The van der Waals surface area contributed by atoms with Gasteiger partial charge in [-0.25, -0.2) is 19.9 Å². The van der Waals surface area contributed by atoms with Crippen LogP contribution in [0.15, 0.2) is 219 Å². The summed E-state index contributed by atoms with van der Waals surface area (Å²) in [7, 11) is 0. The van der Waals surface area contributed by atoms with Crippen LogP contribution in [0.3, 0.4) is 0 Å². The van der Waals surface area contributed by atoms with Crippen LogP contribution in [0.1, 0.15) is 0 Å². The van der Waals surface area contributed by atoms with Crippen molar-refractivity contribution in [3.63, 3.8) is 0 Å². The monoisotopic (exact) mass is 876 g/mol. The maximum absolute atomic E-state index is 5.19. The molecule has 0 atom stereocenters. The Morgan fingerprint density at radius 3 is 1.18 bits per heavy atom.